The number of rotatable bonds is 5. The molecule has 0 aromatic carbocycles. The minimum absolute atomic E-state index is 0.0523. The predicted octanol–water partition coefficient (Wildman–Crippen LogP) is 0.752. The summed E-state index contributed by atoms with van der Waals surface area (Å²) in [4.78, 5) is 22.7. The van der Waals surface area contributed by atoms with Crippen molar-refractivity contribution in [3.8, 4) is 0 Å². The van der Waals surface area contributed by atoms with Crippen LogP contribution >= 0.6 is 0 Å². The van der Waals surface area contributed by atoms with E-state index in [2.05, 4.69) is 10.6 Å². The second-order valence-electron chi connectivity index (χ2n) is 6.78. The standard InChI is InChI=1S/C13H24N2O5S/c1-13(2,3)7-10(6-11(16)17)15-12(18)14-9-4-5-21(19,20)8-9/h9-10H,4-8H2,1-3H3,(H,16,17)(H2,14,15,18). The first kappa shape index (κ1) is 17.7. The molecule has 7 nitrogen and oxygen atoms in total. The number of hydrogen-bond donors (Lipinski definition) is 3. The van der Waals surface area contributed by atoms with Crippen molar-refractivity contribution in [1.82, 2.24) is 10.6 Å². The number of carboxylic acids is 1. The molecule has 0 aliphatic carbocycles. The number of aliphatic carboxylic acids is 1. The van der Waals surface area contributed by atoms with Crippen LogP contribution in [0.25, 0.3) is 0 Å². The minimum atomic E-state index is -3.05. The second kappa shape index (κ2) is 6.64. The lowest BCUT2D eigenvalue weighted by atomic mass is 9.87. The SMILES string of the molecule is CC(C)(C)CC(CC(=O)O)NC(=O)NC1CCS(=O)(=O)C1. The van der Waals surface area contributed by atoms with Crippen LogP contribution in [0.15, 0.2) is 0 Å². The van der Waals surface area contributed by atoms with E-state index >= 15 is 0 Å². The molecule has 1 fully saturated rings. The molecule has 1 rings (SSSR count). The number of sulfone groups is 1. The van der Waals surface area contributed by atoms with Crippen molar-refractivity contribution in [1.29, 1.82) is 0 Å². The van der Waals surface area contributed by atoms with Crippen molar-refractivity contribution < 1.29 is 23.1 Å². The Hall–Kier alpha value is -1.31. The largest absolute Gasteiger partial charge is 0.481 e. The molecule has 2 unspecified atom stereocenters. The number of carboxylic acid groups (broad SMARTS) is 1. The van der Waals surface area contributed by atoms with Gasteiger partial charge in [-0.15, -0.1) is 0 Å². The van der Waals surface area contributed by atoms with E-state index in [-0.39, 0.29) is 23.3 Å². The summed E-state index contributed by atoms with van der Waals surface area (Å²) in [6, 6.07) is -1.39. The molecule has 1 aliphatic rings. The van der Waals surface area contributed by atoms with Gasteiger partial charge in [0.1, 0.15) is 0 Å². The van der Waals surface area contributed by atoms with Crippen LogP contribution in [0.5, 0.6) is 0 Å². The summed E-state index contributed by atoms with van der Waals surface area (Å²) in [5, 5.41) is 14.1. The Kier molecular flexibility index (Phi) is 5.61. The lowest BCUT2D eigenvalue weighted by molar-refractivity contribution is -0.137. The van der Waals surface area contributed by atoms with Gasteiger partial charge in [0.25, 0.3) is 0 Å². The molecule has 0 radical (unpaired) electrons. The molecule has 1 saturated heterocycles. The van der Waals surface area contributed by atoms with E-state index in [1.54, 1.807) is 0 Å². The van der Waals surface area contributed by atoms with Crippen LogP contribution in [-0.4, -0.2) is 49.1 Å². The van der Waals surface area contributed by atoms with Gasteiger partial charge in [-0.05, 0) is 18.3 Å². The van der Waals surface area contributed by atoms with E-state index in [9.17, 15) is 18.0 Å². The van der Waals surface area contributed by atoms with E-state index in [1.165, 1.54) is 0 Å². The Morgan fingerprint density at radius 2 is 1.95 bits per heavy atom. The molecule has 0 aromatic rings. The third kappa shape index (κ3) is 7.31. The van der Waals surface area contributed by atoms with Crippen molar-refractivity contribution in [3.05, 3.63) is 0 Å². The van der Waals surface area contributed by atoms with Crippen molar-refractivity contribution >= 4 is 21.8 Å². The quantitative estimate of drug-likeness (QED) is 0.692. The summed E-state index contributed by atoms with van der Waals surface area (Å²) in [6.07, 6.45) is 0.766. The molecule has 3 N–H and O–H groups in total. The molecule has 2 atom stereocenters. The summed E-state index contributed by atoms with van der Waals surface area (Å²) < 4.78 is 22.7. The highest BCUT2D eigenvalue weighted by atomic mass is 32.2. The van der Waals surface area contributed by atoms with Crippen LogP contribution < -0.4 is 10.6 Å². The molecule has 122 valence electrons. The molecule has 21 heavy (non-hydrogen) atoms. The van der Waals surface area contributed by atoms with Gasteiger partial charge in [0.05, 0.1) is 17.9 Å². The molecular formula is C13H24N2O5S. The highest BCUT2D eigenvalue weighted by Gasteiger charge is 2.30. The number of carbonyl (C=O) groups is 2. The second-order valence-corrected chi connectivity index (χ2v) is 9.01. The van der Waals surface area contributed by atoms with Crippen LogP contribution in [0.2, 0.25) is 0 Å². The molecule has 0 spiro atoms. The fraction of sp³-hybridized carbons (Fsp3) is 0.846. The first-order chi connectivity index (χ1) is 9.47. The number of amides is 2. The maximum Gasteiger partial charge on any atom is 0.315 e. The van der Waals surface area contributed by atoms with Crippen LogP contribution in [0.1, 0.15) is 40.0 Å². The summed E-state index contributed by atoms with van der Waals surface area (Å²) in [6.45, 7) is 5.89. The maximum absolute atomic E-state index is 11.9. The van der Waals surface area contributed by atoms with E-state index in [1.807, 2.05) is 20.8 Å². The average molecular weight is 320 g/mol. The topological polar surface area (TPSA) is 113 Å². The number of carbonyl (C=O) groups excluding carboxylic acids is 1. The molecule has 8 heteroatoms. The summed E-state index contributed by atoms with van der Waals surface area (Å²) in [7, 11) is -3.05. The Balaban J connectivity index is 2.53. The first-order valence-corrected chi connectivity index (χ1v) is 8.78. The van der Waals surface area contributed by atoms with Crippen LogP contribution in [-0.2, 0) is 14.6 Å². The number of hydrogen-bond acceptors (Lipinski definition) is 4. The fourth-order valence-electron chi connectivity index (χ4n) is 2.45. The van der Waals surface area contributed by atoms with Gasteiger partial charge in [-0.3, -0.25) is 4.79 Å². The van der Waals surface area contributed by atoms with E-state index < -0.39 is 33.9 Å². The van der Waals surface area contributed by atoms with Gasteiger partial charge in [-0.2, -0.15) is 0 Å². The number of nitrogens with one attached hydrogen (secondary N) is 2. The zero-order valence-electron chi connectivity index (χ0n) is 12.7. The Morgan fingerprint density at radius 3 is 2.38 bits per heavy atom. The Bertz CT molecular complexity index is 495. The molecule has 1 aliphatic heterocycles. The molecule has 0 bridgehead atoms. The van der Waals surface area contributed by atoms with Gasteiger partial charge in [-0.1, -0.05) is 20.8 Å². The van der Waals surface area contributed by atoms with Crippen LogP contribution in [0.3, 0.4) is 0 Å². The zero-order chi connectivity index (χ0) is 16.3. The van der Waals surface area contributed by atoms with Crippen molar-refractivity contribution in [2.24, 2.45) is 5.41 Å². The maximum atomic E-state index is 11.9. The van der Waals surface area contributed by atoms with Crippen molar-refractivity contribution in [2.45, 2.75) is 52.1 Å². The smallest absolute Gasteiger partial charge is 0.315 e. The summed E-state index contributed by atoms with van der Waals surface area (Å²) >= 11 is 0. The van der Waals surface area contributed by atoms with Gasteiger partial charge in [0.15, 0.2) is 9.84 Å². The molecule has 2 amide bonds. The lowest BCUT2D eigenvalue weighted by Gasteiger charge is -2.26. The van der Waals surface area contributed by atoms with Gasteiger partial charge >= 0.3 is 12.0 Å². The zero-order valence-corrected chi connectivity index (χ0v) is 13.5. The summed E-state index contributed by atoms with van der Waals surface area (Å²) in [5.74, 6) is -0.949. The first-order valence-electron chi connectivity index (χ1n) is 6.96. The van der Waals surface area contributed by atoms with Crippen LogP contribution in [0.4, 0.5) is 4.79 Å². The van der Waals surface area contributed by atoms with Crippen molar-refractivity contribution in [3.63, 3.8) is 0 Å². The van der Waals surface area contributed by atoms with Gasteiger partial charge in [0, 0.05) is 12.1 Å². The van der Waals surface area contributed by atoms with E-state index in [0.717, 1.165) is 0 Å². The summed E-state index contributed by atoms with van der Waals surface area (Å²) in [5.41, 5.74) is -0.121. The van der Waals surface area contributed by atoms with Crippen molar-refractivity contribution in [2.75, 3.05) is 11.5 Å². The number of urea groups is 1. The third-order valence-corrected chi connectivity index (χ3v) is 4.95. The monoisotopic (exact) mass is 320 g/mol. The van der Waals surface area contributed by atoms with Gasteiger partial charge in [0.2, 0.25) is 0 Å². The molecule has 1 heterocycles. The Morgan fingerprint density at radius 1 is 1.33 bits per heavy atom. The van der Waals surface area contributed by atoms with E-state index in [0.29, 0.717) is 12.8 Å². The van der Waals surface area contributed by atoms with Gasteiger partial charge in [-0.25, -0.2) is 13.2 Å². The molecule has 0 saturated carbocycles. The fourth-order valence-corrected chi connectivity index (χ4v) is 4.12. The normalized spacial score (nSPS) is 22.5. The highest BCUT2D eigenvalue weighted by molar-refractivity contribution is 7.91. The highest BCUT2D eigenvalue weighted by Crippen LogP contribution is 2.22. The third-order valence-electron chi connectivity index (χ3n) is 3.18. The Labute approximate surface area is 125 Å². The van der Waals surface area contributed by atoms with E-state index in [4.69, 9.17) is 5.11 Å². The minimum Gasteiger partial charge on any atom is -0.481 e. The van der Waals surface area contributed by atoms with Gasteiger partial charge < -0.3 is 15.7 Å². The lowest BCUT2D eigenvalue weighted by Crippen LogP contribution is -2.48. The van der Waals surface area contributed by atoms with Crippen LogP contribution in [0, 0.1) is 5.41 Å². The molecular weight excluding hydrogens is 296 g/mol. The average Bonchev–Trinajstić information content (AvgIpc) is 2.53. The predicted molar refractivity (Wildman–Crippen MR) is 78.8 cm³/mol. The molecule has 0 aromatic heterocycles.